The van der Waals surface area contributed by atoms with Crippen LogP contribution >= 0.6 is 11.6 Å². The fourth-order valence-corrected chi connectivity index (χ4v) is 2.28. The van der Waals surface area contributed by atoms with E-state index in [0.29, 0.717) is 22.1 Å². The SMILES string of the molecule is Cc1ccc(-n2nnnc2-c2cc(Cl)ccc2N)cc1C. The Morgan fingerprint density at radius 1 is 1.05 bits per heavy atom. The number of aromatic nitrogens is 4. The highest BCUT2D eigenvalue weighted by Gasteiger charge is 2.14. The van der Waals surface area contributed by atoms with Crippen molar-refractivity contribution in [1.29, 1.82) is 0 Å². The average Bonchev–Trinajstić information content (AvgIpc) is 2.93. The summed E-state index contributed by atoms with van der Waals surface area (Å²) >= 11 is 6.04. The number of tetrazole rings is 1. The normalized spacial score (nSPS) is 10.8. The lowest BCUT2D eigenvalue weighted by Gasteiger charge is -2.09. The first-order valence-electron chi connectivity index (χ1n) is 6.47. The molecule has 3 aromatic rings. The standard InChI is InChI=1S/C15H14ClN5/c1-9-3-5-12(7-10(9)2)21-15(18-19-20-21)13-8-11(16)4-6-14(13)17/h3-8H,17H2,1-2H3. The number of hydrogen-bond donors (Lipinski definition) is 1. The van der Waals surface area contributed by atoms with Gasteiger partial charge < -0.3 is 5.73 Å². The van der Waals surface area contributed by atoms with E-state index in [2.05, 4.69) is 29.4 Å². The van der Waals surface area contributed by atoms with Crippen LogP contribution in [0.15, 0.2) is 36.4 Å². The van der Waals surface area contributed by atoms with Crippen LogP contribution < -0.4 is 5.73 Å². The minimum absolute atomic E-state index is 0.568. The number of nitrogen functional groups attached to an aromatic ring is 1. The number of anilines is 1. The van der Waals surface area contributed by atoms with Gasteiger partial charge in [-0.2, -0.15) is 4.68 Å². The Morgan fingerprint density at radius 2 is 1.86 bits per heavy atom. The smallest absolute Gasteiger partial charge is 0.189 e. The molecule has 0 aliphatic carbocycles. The summed E-state index contributed by atoms with van der Waals surface area (Å²) in [7, 11) is 0. The van der Waals surface area contributed by atoms with Crippen molar-refractivity contribution in [2.24, 2.45) is 0 Å². The van der Waals surface area contributed by atoms with Crippen molar-refractivity contribution >= 4 is 17.3 Å². The van der Waals surface area contributed by atoms with E-state index in [-0.39, 0.29) is 0 Å². The lowest BCUT2D eigenvalue weighted by molar-refractivity contribution is 0.790. The van der Waals surface area contributed by atoms with E-state index in [0.717, 1.165) is 5.69 Å². The molecule has 0 unspecified atom stereocenters. The van der Waals surface area contributed by atoms with Crippen molar-refractivity contribution in [2.45, 2.75) is 13.8 Å². The Hall–Kier alpha value is -2.40. The molecule has 2 N–H and O–H groups in total. The van der Waals surface area contributed by atoms with E-state index >= 15 is 0 Å². The summed E-state index contributed by atoms with van der Waals surface area (Å²) < 4.78 is 1.66. The van der Waals surface area contributed by atoms with E-state index < -0.39 is 0 Å². The maximum absolute atomic E-state index is 6.04. The van der Waals surface area contributed by atoms with E-state index in [1.165, 1.54) is 11.1 Å². The molecule has 2 aromatic carbocycles. The number of aryl methyl sites for hydroxylation is 2. The molecule has 0 atom stereocenters. The molecule has 5 nitrogen and oxygen atoms in total. The molecule has 0 spiro atoms. The summed E-state index contributed by atoms with van der Waals surface area (Å²) in [4.78, 5) is 0. The van der Waals surface area contributed by atoms with E-state index in [9.17, 15) is 0 Å². The summed E-state index contributed by atoms with van der Waals surface area (Å²) in [5.41, 5.74) is 10.6. The Kier molecular flexibility index (Phi) is 3.35. The number of nitrogens with two attached hydrogens (primary N) is 1. The highest BCUT2D eigenvalue weighted by Crippen LogP contribution is 2.28. The van der Waals surface area contributed by atoms with E-state index in [1.54, 1.807) is 22.9 Å². The van der Waals surface area contributed by atoms with E-state index in [4.69, 9.17) is 17.3 Å². The van der Waals surface area contributed by atoms with Crippen molar-refractivity contribution in [3.05, 3.63) is 52.5 Å². The zero-order valence-electron chi connectivity index (χ0n) is 11.7. The van der Waals surface area contributed by atoms with Crippen molar-refractivity contribution < 1.29 is 0 Å². The van der Waals surface area contributed by atoms with Crippen molar-refractivity contribution in [1.82, 2.24) is 20.2 Å². The van der Waals surface area contributed by atoms with Gasteiger partial charge in [-0.05, 0) is 65.7 Å². The lowest BCUT2D eigenvalue weighted by Crippen LogP contribution is -2.02. The van der Waals surface area contributed by atoms with Gasteiger partial charge in [0.05, 0.1) is 5.69 Å². The minimum Gasteiger partial charge on any atom is -0.398 e. The van der Waals surface area contributed by atoms with Crippen LogP contribution in [0.2, 0.25) is 5.02 Å². The summed E-state index contributed by atoms with van der Waals surface area (Å²) in [6.07, 6.45) is 0. The molecule has 0 amide bonds. The highest BCUT2D eigenvalue weighted by molar-refractivity contribution is 6.31. The molecular formula is C15H14ClN5. The van der Waals surface area contributed by atoms with Crippen LogP contribution in [0.5, 0.6) is 0 Å². The second-order valence-electron chi connectivity index (χ2n) is 4.91. The van der Waals surface area contributed by atoms with Crippen LogP contribution in [0.25, 0.3) is 17.1 Å². The van der Waals surface area contributed by atoms with Gasteiger partial charge in [0.2, 0.25) is 0 Å². The summed E-state index contributed by atoms with van der Waals surface area (Å²) in [6.45, 7) is 4.12. The van der Waals surface area contributed by atoms with Crippen LogP contribution in [0, 0.1) is 13.8 Å². The molecule has 6 heteroatoms. The molecule has 0 radical (unpaired) electrons. The van der Waals surface area contributed by atoms with Gasteiger partial charge in [0.25, 0.3) is 0 Å². The number of halogens is 1. The van der Waals surface area contributed by atoms with Crippen LogP contribution in [0.1, 0.15) is 11.1 Å². The van der Waals surface area contributed by atoms with Crippen LogP contribution in [0.4, 0.5) is 5.69 Å². The number of hydrogen-bond acceptors (Lipinski definition) is 4. The Bertz CT molecular complexity index is 810. The molecule has 106 valence electrons. The molecule has 0 bridgehead atoms. The molecular weight excluding hydrogens is 286 g/mol. The fourth-order valence-electron chi connectivity index (χ4n) is 2.11. The summed E-state index contributed by atoms with van der Waals surface area (Å²) in [5, 5.41) is 12.5. The maximum atomic E-state index is 6.04. The van der Waals surface area contributed by atoms with Crippen LogP contribution in [-0.4, -0.2) is 20.2 Å². The monoisotopic (exact) mass is 299 g/mol. The van der Waals surface area contributed by atoms with Gasteiger partial charge in [0.15, 0.2) is 5.82 Å². The minimum atomic E-state index is 0.568. The molecule has 3 rings (SSSR count). The van der Waals surface area contributed by atoms with Gasteiger partial charge in [0.1, 0.15) is 0 Å². The predicted molar refractivity (Wildman–Crippen MR) is 83.5 cm³/mol. The summed E-state index contributed by atoms with van der Waals surface area (Å²) in [6, 6.07) is 11.3. The first-order chi connectivity index (χ1) is 10.1. The summed E-state index contributed by atoms with van der Waals surface area (Å²) in [5.74, 6) is 0.568. The maximum Gasteiger partial charge on any atom is 0.189 e. The highest BCUT2D eigenvalue weighted by atomic mass is 35.5. The number of benzene rings is 2. The van der Waals surface area contributed by atoms with Gasteiger partial charge in [-0.1, -0.05) is 17.7 Å². The molecule has 1 heterocycles. The zero-order chi connectivity index (χ0) is 15.0. The number of rotatable bonds is 2. The molecule has 0 aliphatic heterocycles. The molecule has 21 heavy (non-hydrogen) atoms. The van der Waals surface area contributed by atoms with Gasteiger partial charge in [-0.15, -0.1) is 5.10 Å². The second-order valence-corrected chi connectivity index (χ2v) is 5.35. The fraction of sp³-hybridized carbons (Fsp3) is 0.133. The second kappa shape index (κ2) is 5.18. The largest absolute Gasteiger partial charge is 0.398 e. The number of nitrogens with zero attached hydrogens (tertiary/aromatic N) is 4. The van der Waals surface area contributed by atoms with Gasteiger partial charge >= 0.3 is 0 Å². The lowest BCUT2D eigenvalue weighted by atomic mass is 10.1. The van der Waals surface area contributed by atoms with Crippen molar-refractivity contribution in [3.8, 4) is 17.1 Å². The Morgan fingerprint density at radius 3 is 2.62 bits per heavy atom. The van der Waals surface area contributed by atoms with Gasteiger partial charge in [-0.3, -0.25) is 0 Å². The third-order valence-corrected chi connectivity index (χ3v) is 3.70. The molecule has 0 fully saturated rings. The average molecular weight is 300 g/mol. The zero-order valence-corrected chi connectivity index (χ0v) is 12.5. The van der Waals surface area contributed by atoms with Crippen LogP contribution in [-0.2, 0) is 0 Å². The predicted octanol–water partition coefficient (Wildman–Crippen LogP) is 3.18. The first-order valence-corrected chi connectivity index (χ1v) is 6.85. The Balaban J connectivity index is 2.17. The van der Waals surface area contributed by atoms with Crippen LogP contribution in [0.3, 0.4) is 0 Å². The van der Waals surface area contributed by atoms with Crippen molar-refractivity contribution in [3.63, 3.8) is 0 Å². The molecule has 1 aromatic heterocycles. The first kappa shape index (κ1) is 13.6. The quantitative estimate of drug-likeness (QED) is 0.738. The Labute approximate surface area is 127 Å². The third kappa shape index (κ3) is 2.48. The van der Waals surface area contributed by atoms with E-state index in [1.807, 2.05) is 18.2 Å². The molecule has 0 saturated carbocycles. The topological polar surface area (TPSA) is 69.6 Å². The van der Waals surface area contributed by atoms with Gasteiger partial charge in [-0.25, -0.2) is 0 Å². The molecule has 0 saturated heterocycles. The van der Waals surface area contributed by atoms with Gasteiger partial charge in [0, 0.05) is 16.3 Å². The van der Waals surface area contributed by atoms with Crippen molar-refractivity contribution in [2.75, 3.05) is 5.73 Å². The molecule has 0 aliphatic rings. The third-order valence-electron chi connectivity index (χ3n) is 3.46.